The van der Waals surface area contributed by atoms with Crippen LogP contribution in [0, 0.1) is 0 Å². The first-order chi connectivity index (χ1) is 18.4. The van der Waals surface area contributed by atoms with Crippen LogP contribution in [0.4, 0.5) is 0 Å². The summed E-state index contributed by atoms with van der Waals surface area (Å²) in [4.78, 5) is 0. The van der Waals surface area contributed by atoms with Crippen molar-refractivity contribution in [1.29, 1.82) is 0 Å². The maximum absolute atomic E-state index is 15.9. The van der Waals surface area contributed by atoms with Crippen LogP contribution in [0.3, 0.4) is 0 Å². The minimum Gasteiger partial charge on any atom is -0.493 e. The lowest BCUT2D eigenvalue weighted by Crippen LogP contribution is -2.22. The highest BCUT2D eigenvalue weighted by molar-refractivity contribution is 9.10. The molecule has 0 spiro atoms. The summed E-state index contributed by atoms with van der Waals surface area (Å²) < 4.78 is 36.0. The van der Waals surface area contributed by atoms with Crippen molar-refractivity contribution in [3.63, 3.8) is 0 Å². The number of hydrogen-bond acceptors (Lipinski definition) is 4. The van der Waals surface area contributed by atoms with Crippen LogP contribution in [0.25, 0.3) is 10.9 Å². The van der Waals surface area contributed by atoms with Gasteiger partial charge in [-0.15, -0.1) is 0 Å². The first-order valence-electron chi connectivity index (χ1n) is 12.2. The summed E-state index contributed by atoms with van der Waals surface area (Å²) in [6, 6.07) is 29.5. The molecule has 0 amide bonds. The Labute approximate surface area is 231 Å². The van der Waals surface area contributed by atoms with Gasteiger partial charge in [-0.2, -0.15) is 0 Å². The van der Waals surface area contributed by atoms with Gasteiger partial charge in [-0.05, 0) is 41.5 Å². The Morgan fingerprint density at radius 2 is 1.32 bits per heavy atom. The Balaban J connectivity index is 1.93. The monoisotopic (exact) mass is 589 g/mol. The van der Waals surface area contributed by atoms with Crippen molar-refractivity contribution in [3.8, 4) is 17.2 Å². The molecule has 5 rings (SSSR count). The van der Waals surface area contributed by atoms with Crippen molar-refractivity contribution in [1.82, 2.24) is 4.57 Å². The average molecular weight is 590 g/mol. The molecular formula is C31H29BrNO4P. The predicted octanol–water partition coefficient (Wildman–Crippen LogP) is 7.07. The van der Waals surface area contributed by atoms with Gasteiger partial charge >= 0.3 is 0 Å². The van der Waals surface area contributed by atoms with Gasteiger partial charge in [0, 0.05) is 39.2 Å². The topological polar surface area (TPSA) is 49.7 Å². The molecule has 0 aliphatic heterocycles. The van der Waals surface area contributed by atoms with Crippen LogP contribution in [0.5, 0.6) is 17.2 Å². The highest BCUT2D eigenvalue weighted by atomic mass is 79.9. The maximum Gasteiger partial charge on any atom is 0.203 e. The van der Waals surface area contributed by atoms with E-state index in [1.54, 1.807) is 21.3 Å². The molecule has 0 aliphatic rings. The summed E-state index contributed by atoms with van der Waals surface area (Å²) in [5.41, 5.74) is 2.27. The second kappa shape index (κ2) is 10.7. The Morgan fingerprint density at radius 1 is 0.763 bits per heavy atom. The molecule has 38 heavy (non-hydrogen) atoms. The van der Waals surface area contributed by atoms with Gasteiger partial charge in [0.2, 0.25) is 5.75 Å². The fourth-order valence-corrected chi connectivity index (χ4v) is 8.86. The van der Waals surface area contributed by atoms with Crippen LogP contribution in [-0.4, -0.2) is 25.9 Å². The number of fused-ring (bicyclic) bond motifs is 1. The van der Waals surface area contributed by atoms with Crippen molar-refractivity contribution in [2.75, 3.05) is 21.3 Å². The van der Waals surface area contributed by atoms with Crippen LogP contribution in [-0.2, 0) is 11.6 Å². The number of aryl methyl sites for hydroxylation is 1. The standard InChI is InChI=1S/C31H29BrNO4P/c1-33-20-26(25-19-22(32)15-16-27(25)33)31(21-17-28(35-2)30(37-4)29(18-21)36-3)38(34,23-11-7-5-8-12-23)24-13-9-6-10-14-24/h5-20,31H,1-4H3. The molecule has 0 aliphatic carbocycles. The molecule has 5 aromatic rings. The lowest BCUT2D eigenvalue weighted by atomic mass is 10.0. The molecule has 0 radical (unpaired) electrons. The van der Waals surface area contributed by atoms with E-state index in [-0.39, 0.29) is 0 Å². The van der Waals surface area contributed by atoms with Crippen molar-refractivity contribution >= 4 is 44.6 Å². The summed E-state index contributed by atoms with van der Waals surface area (Å²) in [5, 5.41) is 2.57. The van der Waals surface area contributed by atoms with Crippen molar-refractivity contribution in [2.45, 2.75) is 5.66 Å². The van der Waals surface area contributed by atoms with E-state index in [4.69, 9.17) is 14.2 Å². The number of aromatic nitrogens is 1. The molecule has 1 unspecified atom stereocenters. The normalized spacial score (nSPS) is 12.3. The number of benzene rings is 4. The van der Waals surface area contributed by atoms with Crippen molar-refractivity contribution in [3.05, 3.63) is 113 Å². The highest BCUT2D eigenvalue weighted by Crippen LogP contribution is 2.62. The summed E-state index contributed by atoms with van der Waals surface area (Å²) in [6.07, 6.45) is 2.09. The molecule has 194 valence electrons. The molecule has 0 saturated heterocycles. The van der Waals surface area contributed by atoms with Gasteiger partial charge in [0.1, 0.15) is 0 Å². The first kappa shape index (κ1) is 26.1. The Bertz CT molecular complexity index is 1560. The molecule has 0 bridgehead atoms. The van der Waals surface area contributed by atoms with E-state index < -0.39 is 12.8 Å². The largest absolute Gasteiger partial charge is 0.493 e. The molecule has 1 atom stereocenters. The zero-order valence-corrected chi connectivity index (χ0v) is 24.2. The third-order valence-electron chi connectivity index (χ3n) is 6.92. The van der Waals surface area contributed by atoms with Gasteiger partial charge in [0.25, 0.3) is 0 Å². The first-order valence-corrected chi connectivity index (χ1v) is 14.7. The van der Waals surface area contributed by atoms with Gasteiger partial charge in [-0.25, -0.2) is 0 Å². The summed E-state index contributed by atoms with van der Waals surface area (Å²) >= 11 is 3.65. The predicted molar refractivity (Wildman–Crippen MR) is 158 cm³/mol. The zero-order valence-electron chi connectivity index (χ0n) is 21.7. The Hall–Kier alpha value is -3.47. The molecule has 7 heteroatoms. The minimum atomic E-state index is -3.35. The molecular weight excluding hydrogens is 561 g/mol. The van der Waals surface area contributed by atoms with Gasteiger partial charge in [-0.1, -0.05) is 76.6 Å². The Kier molecular flexibility index (Phi) is 7.38. The van der Waals surface area contributed by atoms with E-state index in [0.29, 0.717) is 17.2 Å². The van der Waals surface area contributed by atoms with Crippen molar-refractivity contribution in [2.24, 2.45) is 7.05 Å². The third-order valence-corrected chi connectivity index (χ3v) is 10.9. The molecule has 1 heterocycles. The highest BCUT2D eigenvalue weighted by Gasteiger charge is 2.41. The van der Waals surface area contributed by atoms with Crippen molar-refractivity contribution < 1.29 is 18.8 Å². The van der Waals surface area contributed by atoms with E-state index in [9.17, 15) is 0 Å². The lowest BCUT2D eigenvalue weighted by molar-refractivity contribution is 0.324. The van der Waals surface area contributed by atoms with Crippen LogP contribution < -0.4 is 24.8 Å². The fourth-order valence-electron chi connectivity index (χ4n) is 5.20. The van der Waals surface area contributed by atoms with Gasteiger partial charge in [0.15, 0.2) is 18.6 Å². The minimum absolute atomic E-state index is 0.493. The maximum atomic E-state index is 15.9. The SMILES string of the molecule is COc1cc(C(c2cn(C)c3ccc(Br)cc23)P(=O)(c2ccccc2)c2ccccc2)cc(OC)c1OC. The van der Waals surface area contributed by atoms with Gasteiger partial charge in [0.05, 0.1) is 27.0 Å². The van der Waals surface area contributed by atoms with Crippen LogP contribution in [0.15, 0.2) is 102 Å². The summed E-state index contributed by atoms with van der Waals surface area (Å²) in [7, 11) is 3.44. The number of hydrogen-bond donors (Lipinski definition) is 0. The van der Waals surface area contributed by atoms with Gasteiger partial charge < -0.3 is 23.3 Å². The zero-order chi connectivity index (χ0) is 26.9. The second-order valence-corrected chi connectivity index (χ2v) is 12.8. The molecule has 1 aromatic heterocycles. The molecule has 0 N–H and O–H groups in total. The number of nitrogens with zero attached hydrogens (tertiary/aromatic N) is 1. The number of halogens is 1. The van der Waals surface area contributed by atoms with E-state index in [1.165, 1.54) is 0 Å². The van der Waals surface area contributed by atoms with Crippen LogP contribution in [0.2, 0.25) is 0 Å². The van der Waals surface area contributed by atoms with Crippen LogP contribution >= 0.6 is 23.1 Å². The molecule has 4 aromatic carbocycles. The fraction of sp³-hybridized carbons (Fsp3) is 0.161. The second-order valence-electron chi connectivity index (χ2n) is 9.05. The van der Waals surface area contributed by atoms with E-state index >= 15 is 4.57 Å². The number of methoxy groups -OCH3 is 3. The average Bonchev–Trinajstić information content (AvgIpc) is 3.27. The third kappa shape index (κ3) is 4.42. The number of ether oxygens (including phenoxy) is 3. The molecule has 0 fully saturated rings. The Morgan fingerprint density at radius 3 is 1.82 bits per heavy atom. The lowest BCUT2D eigenvalue weighted by Gasteiger charge is -2.30. The van der Waals surface area contributed by atoms with E-state index in [1.807, 2.05) is 85.9 Å². The summed E-state index contributed by atoms with van der Waals surface area (Å²) in [6.45, 7) is 0. The smallest absolute Gasteiger partial charge is 0.203 e. The summed E-state index contributed by atoms with van der Waals surface area (Å²) in [5.74, 6) is 1.52. The molecule has 0 saturated carbocycles. The van der Waals surface area contributed by atoms with E-state index in [2.05, 4.69) is 38.8 Å². The van der Waals surface area contributed by atoms with Crippen LogP contribution in [0.1, 0.15) is 16.8 Å². The van der Waals surface area contributed by atoms with Gasteiger partial charge in [-0.3, -0.25) is 0 Å². The number of rotatable bonds is 8. The quantitative estimate of drug-likeness (QED) is 0.182. The molecule has 5 nitrogen and oxygen atoms in total. The van der Waals surface area contributed by atoms with E-state index in [0.717, 1.165) is 37.1 Å².